The third-order valence-corrected chi connectivity index (χ3v) is 6.49. The summed E-state index contributed by atoms with van der Waals surface area (Å²) in [6.07, 6.45) is 4.58. The first kappa shape index (κ1) is 24.1. The summed E-state index contributed by atoms with van der Waals surface area (Å²) in [4.78, 5) is 13.9. The van der Waals surface area contributed by atoms with Crippen molar-refractivity contribution >= 4 is 17.3 Å². The van der Waals surface area contributed by atoms with Gasteiger partial charge in [-0.2, -0.15) is 0 Å². The lowest BCUT2D eigenvalue weighted by Crippen LogP contribution is -2.44. The topological polar surface area (TPSA) is 65.0 Å². The summed E-state index contributed by atoms with van der Waals surface area (Å²) in [6, 6.07) is 0. The summed E-state index contributed by atoms with van der Waals surface area (Å²) in [5.41, 5.74) is 1.24. The predicted molar refractivity (Wildman–Crippen MR) is 123 cm³/mol. The molecule has 0 bridgehead atoms. The Hall–Kier alpha value is -1.22. The van der Waals surface area contributed by atoms with Crippen molar-refractivity contribution in [2.45, 2.75) is 39.2 Å². The Morgan fingerprint density at radius 1 is 1.34 bits per heavy atom. The number of methoxy groups -OCH3 is 1. The van der Waals surface area contributed by atoms with Crippen LogP contribution in [-0.2, 0) is 17.7 Å². The van der Waals surface area contributed by atoms with Crippen molar-refractivity contribution < 1.29 is 4.74 Å². The second-order valence-corrected chi connectivity index (χ2v) is 8.78. The molecule has 166 valence electrons. The van der Waals surface area contributed by atoms with Gasteiger partial charge in [0.15, 0.2) is 5.96 Å². The fraction of sp³-hybridized carbons (Fsp3) is 0.810. The number of guanidine groups is 1. The maximum absolute atomic E-state index is 5.11. The van der Waals surface area contributed by atoms with Gasteiger partial charge in [0.2, 0.25) is 0 Å². The summed E-state index contributed by atoms with van der Waals surface area (Å²) < 4.78 is 5.11. The molecule has 1 aromatic heterocycles. The minimum atomic E-state index is 0.711. The third kappa shape index (κ3) is 9.42. The van der Waals surface area contributed by atoms with Gasteiger partial charge in [0, 0.05) is 58.9 Å². The zero-order chi connectivity index (χ0) is 20.9. The fourth-order valence-corrected chi connectivity index (χ4v) is 4.32. The van der Waals surface area contributed by atoms with Gasteiger partial charge in [0.25, 0.3) is 0 Å². The van der Waals surface area contributed by atoms with Gasteiger partial charge in [-0.25, -0.2) is 4.98 Å². The predicted octanol–water partition coefficient (Wildman–Crippen LogP) is 2.05. The molecular weight excluding hydrogens is 384 g/mol. The summed E-state index contributed by atoms with van der Waals surface area (Å²) >= 11 is 1.79. The standard InChI is InChI=1S/C21H40N6OS/c1-5-20-25-19(17-29-20)16-27-11-7-18(8-12-27)15-24-21(22-2)23-9-13-26(3)10-6-14-28-4/h17-18H,5-16H2,1-4H3,(H2,22,23,24). The number of rotatable bonds is 12. The van der Waals surface area contributed by atoms with Crippen LogP contribution in [0, 0.1) is 5.92 Å². The average molecular weight is 425 g/mol. The van der Waals surface area contributed by atoms with E-state index in [1.54, 1.807) is 18.4 Å². The van der Waals surface area contributed by atoms with Crippen molar-refractivity contribution in [3.05, 3.63) is 16.1 Å². The van der Waals surface area contributed by atoms with Crippen molar-refractivity contribution in [2.75, 3.05) is 67.1 Å². The van der Waals surface area contributed by atoms with Gasteiger partial charge >= 0.3 is 0 Å². The molecule has 0 radical (unpaired) electrons. The van der Waals surface area contributed by atoms with E-state index in [1.807, 2.05) is 7.05 Å². The van der Waals surface area contributed by atoms with Gasteiger partial charge in [-0.3, -0.25) is 9.89 Å². The minimum absolute atomic E-state index is 0.711. The van der Waals surface area contributed by atoms with Crippen LogP contribution in [0.1, 0.15) is 36.9 Å². The number of ether oxygens (including phenoxy) is 1. The second-order valence-electron chi connectivity index (χ2n) is 7.84. The molecule has 1 aromatic rings. The van der Waals surface area contributed by atoms with E-state index in [9.17, 15) is 0 Å². The normalized spacial score (nSPS) is 16.5. The Labute approximate surface area is 180 Å². The Morgan fingerprint density at radius 3 is 2.79 bits per heavy atom. The molecule has 29 heavy (non-hydrogen) atoms. The highest BCUT2D eigenvalue weighted by Gasteiger charge is 2.20. The lowest BCUT2D eigenvalue weighted by atomic mass is 9.97. The summed E-state index contributed by atoms with van der Waals surface area (Å²) in [6.45, 7) is 10.3. The lowest BCUT2D eigenvalue weighted by Gasteiger charge is -2.31. The van der Waals surface area contributed by atoms with Crippen molar-refractivity contribution in [1.82, 2.24) is 25.4 Å². The minimum Gasteiger partial charge on any atom is -0.385 e. The van der Waals surface area contributed by atoms with E-state index in [2.05, 4.69) is 44.8 Å². The third-order valence-electron chi connectivity index (χ3n) is 5.45. The quantitative estimate of drug-likeness (QED) is 0.304. The van der Waals surface area contributed by atoms with Gasteiger partial charge in [0.05, 0.1) is 10.7 Å². The van der Waals surface area contributed by atoms with Crippen LogP contribution in [0.15, 0.2) is 10.4 Å². The van der Waals surface area contributed by atoms with Crippen molar-refractivity contribution in [1.29, 1.82) is 0 Å². The molecule has 2 heterocycles. The second kappa shape index (κ2) is 13.9. The zero-order valence-corrected chi connectivity index (χ0v) is 19.6. The average Bonchev–Trinajstić information content (AvgIpc) is 3.19. The first-order chi connectivity index (χ1) is 14.1. The molecule has 0 saturated carbocycles. The van der Waals surface area contributed by atoms with Crippen LogP contribution in [0.4, 0.5) is 0 Å². The van der Waals surface area contributed by atoms with Crippen molar-refractivity contribution in [3.63, 3.8) is 0 Å². The molecule has 1 saturated heterocycles. The maximum atomic E-state index is 5.11. The molecule has 0 unspecified atom stereocenters. The summed E-state index contributed by atoms with van der Waals surface area (Å²) in [5, 5.41) is 10.4. The molecule has 0 aliphatic carbocycles. The number of hydrogen-bond donors (Lipinski definition) is 2. The van der Waals surface area contributed by atoms with Crippen LogP contribution in [0.5, 0.6) is 0 Å². The summed E-state index contributed by atoms with van der Waals surface area (Å²) in [5.74, 6) is 1.62. The number of nitrogens with one attached hydrogen (secondary N) is 2. The maximum Gasteiger partial charge on any atom is 0.191 e. The highest BCUT2D eigenvalue weighted by Crippen LogP contribution is 2.19. The van der Waals surface area contributed by atoms with E-state index in [4.69, 9.17) is 9.72 Å². The fourth-order valence-electron chi connectivity index (χ4n) is 3.58. The van der Waals surface area contributed by atoms with E-state index in [-0.39, 0.29) is 0 Å². The van der Waals surface area contributed by atoms with Gasteiger partial charge in [-0.15, -0.1) is 11.3 Å². The molecule has 2 rings (SSSR count). The van der Waals surface area contributed by atoms with Gasteiger partial charge in [-0.05, 0) is 51.7 Å². The van der Waals surface area contributed by atoms with Crippen LogP contribution in [-0.4, -0.2) is 87.8 Å². The highest BCUT2D eigenvalue weighted by molar-refractivity contribution is 7.09. The van der Waals surface area contributed by atoms with Gasteiger partial charge in [0.1, 0.15) is 0 Å². The van der Waals surface area contributed by atoms with Crippen LogP contribution in [0.25, 0.3) is 0 Å². The van der Waals surface area contributed by atoms with E-state index >= 15 is 0 Å². The molecular formula is C21H40N6OS. The smallest absolute Gasteiger partial charge is 0.191 e. The first-order valence-electron chi connectivity index (χ1n) is 10.9. The van der Waals surface area contributed by atoms with Crippen LogP contribution < -0.4 is 10.6 Å². The van der Waals surface area contributed by atoms with Crippen LogP contribution in [0.2, 0.25) is 0 Å². The largest absolute Gasteiger partial charge is 0.385 e. The number of thiazole rings is 1. The SMILES string of the molecule is CCc1nc(CN2CCC(CNC(=NC)NCCN(C)CCCOC)CC2)cs1. The zero-order valence-electron chi connectivity index (χ0n) is 18.7. The highest BCUT2D eigenvalue weighted by atomic mass is 32.1. The molecule has 7 nitrogen and oxygen atoms in total. The van der Waals surface area contributed by atoms with E-state index in [1.165, 1.54) is 23.5 Å². The summed E-state index contributed by atoms with van der Waals surface area (Å²) in [7, 11) is 5.75. The number of piperidine rings is 1. The number of nitrogens with zero attached hydrogens (tertiary/aromatic N) is 4. The van der Waals surface area contributed by atoms with E-state index in [0.717, 1.165) is 71.2 Å². The van der Waals surface area contributed by atoms with Crippen molar-refractivity contribution in [3.8, 4) is 0 Å². The molecule has 8 heteroatoms. The molecule has 1 fully saturated rings. The molecule has 0 atom stereocenters. The van der Waals surface area contributed by atoms with E-state index in [0.29, 0.717) is 5.92 Å². The Balaban J connectivity index is 1.58. The Bertz CT molecular complexity index is 585. The van der Waals surface area contributed by atoms with Gasteiger partial charge in [-0.1, -0.05) is 6.92 Å². The number of aromatic nitrogens is 1. The molecule has 1 aliphatic rings. The first-order valence-corrected chi connectivity index (χ1v) is 11.8. The number of hydrogen-bond acceptors (Lipinski definition) is 6. The monoisotopic (exact) mass is 424 g/mol. The molecule has 2 N–H and O–H groups in total. The van der Waals surface area contributed by atoms with Crippen molar-refractivity contribution in [2.24, 2.45) is 10.9 Å². The molecule has 1 aliphatic heterocycles. The number of likely N-dealkylation sites (N-methyl/N-ethyl adjacent to an activating group) is 1. The van der Waals surface area contributed by atoms with E-state index < -0.39 is 0 Å². The molecule has 0 aromatic carbocycles. The van der Waals surface area contributed by atoms with Crippen LogP contribution >= 0.6 is 11.3 Å². The van der Waals surface area contributed by atoms with Gasteiger partial charge < -0.3 is 20.3 Å². The van der Waals surface area contributed by atoms with Crippen LogP contribution in [0.3, 0.4) is 0 Å². The molecule has 0 spiro atoms. The number of aryl methyl sites for hydroxylation is 1. The molecule has 0 amide bonds. The Kier molecular flexibility index (Phi) is 11.5. The Morgan fingerprint density at radius 2 is 2.14 bits per heavy atom. The number of likely N-dealkylation sites (tertiary alicyclic amines) is 1. The number of aliphatic imine (C=N–C) groups is 1. The lowest BCUT2D eigenvalue weighted by molar-refractivity contribution is 0.176.